The number of carbonyl (C=O) groups excluding carboxylic acids is 1. The van der Waals surface area contributed by atoms with Crippen molar-refractivity contribution in [1.29, 1.82) is 0 Å². The van der Waals surface area contributed by atoms with E-state index in [-0.39, 0.29) is 11.4 Å². The van der Waals surface area contributed by atoms with Gasteiger partial charge in [0, 0.05) is 12.0 Å². The number of oxime groups is 1. The lowest BCUT2D eigenvalue weighted by atomic mass is 10.0. The number of amides is 1. The highest BCUT2D eigenvalue weighted by Crippen LogP contribution is 2.19. The minimum absolute atomic E-state index is 0.134. The number of nitrogens with one attached hydrogen (secondary N) is 1. The van der Waals surface area contributed by atoms with Crippen LogP contribution in [0.5, 0.6) is 5.75 Å². The third-order valence-electron chi connectivity index (χ3n) is 2.88. The molecule has 5 nitrogen and oxygen atoms in total. The molecule has 0 aliphatic carbocycles. The van der Waals surface area contributed by atoms with E-state index in [0.717, 1.165) is 17.0 Å². The van der Waals surface area contributed by atoms with Crippen LogP contribution in [0.3, 0.4) is 0 Å². The van der Waals surface area contributed by atoms with E-state index in [9.17, 15) is 4.79 Å². The van der Waals surface area contributed by atoms with Gasteiger partial charge < -0.3 is 14.9 Å². The van der Waals surface area contributed by atoms with Crippen molar-refractivity contribution in [1.82, 2.24) is 5.32 Å². The molecule has 5 heteroatoms. The maximum atomic E-state index is 12.0. The Bertz CT molecular complexity index is 515. The number of hydrogen-bond donors (Lipinski definition) is 1. The first-order valence-electron chi connectivity index (χ1n) is 6.58. The average molecular weight is 276 g/mol. The predicted molar refractivity (Wildman–Crippen MR) is 76.9 cm³/mol. The minimum Gasteiger partial charge on any atom is -0.497 e. The van der Waals surface area contributed by atoms with E-state index < -0.39 is 6.10 Å². The largest absolute Gasteiger partial charge is 0.497 e. The summed E-state index contributed by atoms with van der Waals surface area (Å²) in [6.45, 7) is 5.81. The third-order valence-corrected chi connectivity index (χ3v) is 2.88. The lowest BCUT2D eigenvalue weighted by molar-refractivity contribution is -0.132. The van der Waals surface area contributed by atoms with Crippen LogP contribution in [0.1, 0.15) is 32.8 Å². The quantitative estimate of drug-likeness (QED) is 0.919. The van der Waals surface area contributed by atoms with Gasteiger partial charge in [-0.15, -0.1) is 0 Å². The van der Waals surface area contributed by atoms with Crippen molar-refractivity contribution >= 4 is 11.6 Å². The molecule has 1 aliphatic heterocycles. The van der Waals surface area contributed by atoms with Gasteiger partial charge in [-0.05, 0) is 50.6 Å². The fourth-order valence-electron chi connectivity index (χ4n) is 1.92. The molecule has 20 heavy (non-hydrogen) atoms. The highest BCUT2D eigenvalue weighted by atomic mass is 16.6. The number of carbonyl (C=O) groups is 1. The fraction of sp³-hybridized carbons (Fsp3) is 0.467. The molecule has 0 radical (unpaired) electrons. The van der Waals surface area contributed by atoms with Crippen LogP contribution in [-0.2, 0) is 9.63 Å². The van der Waals surface area contributed by atoms with Gasteiger partial charge in [-0.25, -0.2) is 0 Å². The van der Waals surface area contributed by atoms with Gasteiger partial charge in [-0.3, -0.25) is 4.79 Å². The van der Waals surface area contributed by atoms with E-state index in [1.54, 1.807) is 7.11 Å². The van der Waals surface area contributed by atoms with Gasteiger partial charge in [0.15, 0.2) is 0 Å². The summed E-state index contributed by atoms with van der Waals surface area (Å²) in [5, 5.41) is 6.90. The maximum absolute atomic E-state index is 12.0. The Kier molecular flexibility index (Phi) is 3.97. The molecule has 0 unspecified atom stereocenters. The second kappa shape index (κ2) is 5.53. The fourth-order valence-corrected chi connectivity index (χ4v) is 1.92. The molecule has 1 atom stereocenters. The summed E-state index contributed by atoms with van der Waals surface area (Å²) < 4.78 is 5.11. The Morgan fingerprint density at radius 3 is 2.55 bits per heavy atom. The van der Waals surface area contributed by atoms with E-state index >= 15 is 0 Å². The molecule has 0 aromatic heterocycles. The Morgan fingerprint density at radius 1 is 1.35 bits per heavy atom. The summed E-state index contributed by atoms with van der Waals surface area (Å²) in [5.41, 5.74) is 1.45. The molecule has 2 rings (SSSR count). The summed E-state index contributed by atoms with van der Waals surface area (Å²) in [4.78, 5) is 17.2. The van der Waals surface area contributed by atoms with Gasteiger partial charge >= 0.3 is 0 Å². The van der Waals surface area contributed by atoms with Gasteiger partial charge in [0.05, 0.1) is 12.8 Å². The van der Waals surface area contributed by atoms with Crippen LogP contribution in [0.2, 0.25) is 0 Å². The molecule has 1 aromatic carbocycles. The molecule has 0 saturated heterocycles. The van der Waals surface area contributed by atoms with E-state index in [1.165, 1.54) is 0 Å². The van der Waals surface area contributed by atoms with Crippen LogP contribution in [0, 0.1) is 0 Å². The topological polar surface area (TPSA) is 59.9 Å². The van der Waals surface area contributed by atoms with Crippen LogP contribution in [0.25, 0.3) is 0 Å². The van der Waals surface area contributed by atoms with Crippen molar-refractivity contribution in [2.75, 3.05) is 7.11 Å². The standard InChI is InChI=1S/C15H20N2O3/c1-15(2,3)16-14(18)13-9-12(17-20-13)10-5-7-11(19-4)8-6-10/h5-8,13H,9H2,1-4H3,(H,16,18)/t13-/m0/s1. The van der Waals surface area contributed by atoms with Crippen molar-refractivity contribution in [2.45, 2.75) is 38.8 Å². The molecule has 0 saturated carbocycles. The zero-order chi connectivity index (χ0) is 14.8. The van der Waals surface area contributed by atoms with Crippen LogP contribution in [-0.4, -0.2) is 30.4 Å². The SMILES string of the molecule is COc1ccc(C2=NO[C@H](C(=O)NC(C)(C)C)C2)cc1. The monoisotopic (exact) mass is 276 g/mol. The molecule has 1 heterocycles. The number of nitrogens with zero attached hydrogens (tertiary/aromatic N) is 1. The summed E-state index contributed by atoms with van der Waals surface area (Å²) in [6.07, 6.45) is -0.0693. The Hall–Kier alpha value is -2.04. The second-order valence-corrected chi connectivity index (χ2v) is 5.80. The summed E-state index contributed by atoms with van der Waals surface area (Å²) >= 11 is 0. The van der Waals surface area contributed by atoms with Crippen molar-refractivity contribution < 1.29 is 14.4 Å². The van der Waals surface area contributed by atoms with Gasteiger partial charge in [-0.2, -0.15) is 0 Å². The lowest BCUT2D eigenvalue weighted by Gasteiger charge is -2.22. The number of benzene rings is 1. The highest BCUT2D eigenvalue weighted by Gasteiger charge is 2.30. The van der Waals surface area contributed by atoms with E-state index in [1.807, 2.05) is 45.0 Å². The molecule has 0 spiro atoms. The van der Waals surface area contributed by atoms with Gasteiger partial charge in [0.25, 0.3) is 5.91 Å². The Balaban J connectivity index is 1.99. The first-order chi connectivity index (χ1) is 9.39. The molecule has 108 valence electrons. The van der Waals surface area contributed by atoms with Gasteiger partial charge in [-0.1, -0.05) is 5.16 Å². The lowest BCUT2D eigenvalue weighted by Crippen LogP contribution is -2.45. The zero-order valence-corrected chi connectivity index (χ0v) is 12.3. The molecule has 1 N–H and O–H groups in total. The van der Waals surface area contributed by atoms with E-state index in [4.69, 9.17) is 9.57 Å². The Morgan fingerprint density at radius 2 is 2.00 bits per heavy atom. The first kappa shape index (κ1) is 14.4. The minimum atomic E-state index is -0.550. The highest BCUT2D eigenvalue weighted by molar-refractivity contribution is 6.04. The Labute approximate surface area is 118 Å². The van der Waals surface area contributed by atoms with Crippen molar-refractivity contribution in [2.24, 2.45) is 5.16 Å². The summed E-state index contributed by atoms with van der Waals surface area (Å²) in [6, 6.07) is 7.54. The molecule has 1 aromatic rings. The van der Waals surface area contributed by atoms with Crippen LogP contribution in [0.4, 0.5) is 0 Å². The van der Waals surface area contributed by atoms with Crippen LogP contribution < -0.4 is 10.1 Å². The average Bonchev–Trinajstić information content (AvgIpc) is 2.86. The van der Waals surface area contributed by atoms with E-state index in [0.29, 0.717) is 6.42 Å². The van der Waals surface area contributed by atoms with Gasteiger partial charge in [0.2, 0.25) is 6.10 Å². The maximum Gasteiger partial charge on any atom is 0.264 e. The summed E-state index contributed by atoms with van der Waals surface area (Å²) in [5.74, 6) is 0.653. The van der Waals surface area contributed by atoms with E-state index in [2.05, 4.69) is 10.5 Å². The van der Waals surface area contributed by atoms with Crippen molar-refractivity contribution in [3.63, 3.8) is 0 Å². The smallest absolute Gasteiger partial charge is 0.264 e. The van der Waals surface area contributed by atoms with Gasteiger partial charge in [0.1, 0.15) is 5.75 Å². The normalized spacial score (nSPS) is 18.2. The zero-order valence-electron chi connectivity index (χ0n) is 12.3. The predicted octanol–water partition coefficient (Wildman–Crippen LogP) is 2.10. The van der Waals surface area contributed by atoms with Crippen LogP contribution in [0.15, 0.2) is 29.4 Å². The van der Waals surface area contributed by atoms with Crippen molar-refractivity contribution in [3.8, 4) is 5.75 Å². The van der Waals surface area contributed by atoms with Crippen LogP contribution >= 0.6 is 0 Å². The molecule has 1 amide bonds. The number of rotatable bonds is 3. The molecule has 0 bridgehead atoms. The number of hydrogen-bond acceptors (Lipinski definition) is 4. The second-order valence-electron chi connectivity index (χ2n) is 5.80. The molecular weight excluding hydrogens is 256 g/mol. The first-order valence-corrected chi connectivity index (χ1v) is 6.58. The molecule has 1 aliphatic rings. The number of methoxy groups -OCH3 is 1. The summed E-state index contributed by atoms with van der Waals surface area (Å²) in [7, 11) is 1.62. The van der Waals surface area contributed by atoms with Crippen molar-refractivity contribution in [3.05, 3.63) is 29.8 Å². The molecular formula is C15H20N2O3. The third kappa shape index (κ3) is 3.50. The molecule has 0 fully saturated rings. The number of ether oxygens (including phenoxy) is 1.